The molecule has 2 aromatic heterocycles. The third kappa shape index (κ3) is 7.00. The first-order valence-electron chi connectivity index (χ1n) is 14.4. The predicted octanol–water partition coefficient (Wildman–Crippen LogP) is 1.90. The highest BCUT2D eigenvalue weighted by Crippen LogP contribution is 2.33. The minimum absolute atomic E-state index is 0.0220. The Morgan fingerprint density at radius 2 is 1.72 bits per heavy atom. The van der Waals surface area contributed by atoms with Crippen molar-refractivity contribution in [2.45, 2.75) is 43.4 Å². The molecule has 0 spiro atoms. The summed E-state index contributed by atoms with van der Waals surface area (Å²) in [6.07, 6.45) is -2.07. The largest absolute Gasteiger partial charge is 0.387 e. The second kappa shape index (κ2) is 14.0. The third-order valence-corrected chi connectivity index (χ3v) is 7.59. The summed E-state index contributed by atoms with van der Waals surface area (Å²) in [7, 11) is 4.96. The number of rotatable bonds is 13. The Balaban J connectivity index is 1.45. The van der Waals surface area contributed by atoms with Gasteiger partial charge in [0.15, 0.2) is 23.2 Å². The number of ether oxygens (including phenoxy) is 2. The number of aliphatic hydroxyl groups excluding tert-OH is 2. The van der Waals surface area contributed by atoms with Gasteiger partial charge in [-0.05, 0) is 11.1 Å². The summed E-state index contributed by atoms with van der Waals surface area (Å²) < 4.78 is 12.8. The molecular formula is C31H39N7O5. The summed E-state index contributed by atoms with van der Waals surface area (Å²) in [5.41, 5.74) is 3.27. The number of anilines is 1. The van der Waals surface area contributed by atoms with E-state index in [0.717, 1.165) is 11.1 Å². The van der Waals surface area contributed by atoms with Gasteiger partial charge < -0.3 is 35.2 Å². The van der Waals surface area contributed by atoms with Gasteiger partial charge in [0.05, 0.1) is 19.5 Å². The van der Waals surface area contributed by atoms with Gasteiger partial charge in [0, 0.05) is 46.6 Å². The Bertz CT molecular complexity index is 1440. The molecule has 0 aliphatic carbocycles. The van der Waals surface area contributed by atoms with Crippen molar-refractivity contribution in [3.05, 3.63) is 83.9 Å². The van der Waals surface area contributed by atoms with Crippen LogP contribution in [0.4, 0.5) is 5.82 Å². The molecule has 5 rings (SSSR count). The fourth-order valence-electron chi connectivity index (χ4n) is 5.23. The molecule has 1 aliphatic heterocycles. The first kappa shape index (κ1) is 30.5. The average Bonchev–Trinajstić information content (AvgIpc) is 3.56. The fourth-order valence-corrected chi connectivity index (χ4v) is 5.23. The summed E-state index contributed by atoms with van der Waals surface area (Å²) in [6, 6.07) is 20.5. The van der Waals surface area contributed by atoms with Crippen LogP contribution in [0.1, 0.15) is 35.5 Å². The molecule has 228 valence electrons. The molecule has 1 aliphatic rings. The Morgan fingerprint density at radius 1 is 1.05 bits per heavy atom. The van der Waals surface area contributed by atoms with Crippen molar-refractivity contribution in [3.8, 4) is 0 Å². The van der Waals surface area contributed by atoms with Gasteiger partial charge in [-0.15, -0.1) is 0 Å². The molecule has 43 heavy (non-hydrogen) atoms. The molecule has 0 saturated carbocycles. The lowest BCUT2D eigenvalue weighted by Gasteiger charge is -2.20. The van der Waals surface area contributed by atoms with E-state index < -0.39 is 24.5 Å². The third-order valence-electron chi connectivity index (χ3n) is 7.59. The zero-order chi connectivity index (χ0) is 30.3. The number of hydrogen-bond donors (Lipinski definition) is 4. The summed E-state index contributed by atoms with van der Waals surface area (Å²) in [5, 5.41) is 28.2. The number of aliphatic hydroxyl groups is 2. The number of fused-ring (bicyclic) bond motifs is 1. The van der Waals surface area contributed by atoms with Gasteiger partial charge in [0.25, 0.3) is 0 Å². The van der Waals surface area contributed by atoms with Crippen molar-refractivity contribution in [1.29, 1.82) is 0 Å². The van der Waals surface area contributed by atoms with Gasteiger partial charge in [-0.2, -0.15) is 0 Å². The Morgan fingerprint density at radius 3 is 2.35 bits per heavy atom. The van der Waals surface area contributed by atoms with E-state index >= 15 is 0 Å². The van der Waals surface area contributed by atoms with E-state index in [1.54, 1.807) is 29.9 Å². The van der Waals surface area contributed by atoms with E-state index in [9.17, 15) is 15.0 Å². The maximum absolute atomic E-state index is 12.0. The number of carbonyl (C=O) groups is 1. The van der Waals surface area contributed by atoms with Crippen molar-refractivity contribution < 1.29 is 24.5 Å². The van der Waals surface area contributed by atoms with E-state index in [0.29, 0.717) is 48.9 Å². The zero-order valence-corrected chi connectivity index (χ0v) is 24.6. The minimum Gasteiger partial charge on any atom is -0.387 e. The van der Waals surface area contributed by atoms with Crippen LogP contribution in [0.2, 0.25) is 0 Å². The monoisotopic (exact) mass is 589 g/mol. The molecule has 4 atom stereocenters. The SMILES string of the molecule is COC[C@H]1O[C@@H](n2cnc3c(NCC(c4ccccc4)c4ccccc4)nc(CNCCC(=O)N(C)C)nc32)[C@H](O)[C@@H]1O. The Labute approximate surface area is 250 Å². The molecule has 0 radical (unpaired) electrons. The Kier molecular flexibility index (Phi) is 9.95. The van der Waals surface area contributed by atoms with Crippen molar-refractivity contribution in [1.82, 2.24) is 29.7 Å². The lowest BCUT2D eigenvalue weighted by Crippen LogP contribution is -2.33. The molecule has 1 fully saturated rings. The summed E-state index contributed by atoms with van der Waals surface area (Å²) in [5.74, 6) is 1.07. The number of imidazole rings is 1. The van der Waals surface area contributed by atoms with Crippen LogP contribution in [0.25, 0.3) is 11.2 Å². The van der Waals surface area contributed by atoms with E-state index in [1.807, 2.05) is 36.4 Å². The van der Waals surface area contributed by atoms with Crippen LogP contribution in [0.3, 0.4) is 0 Å². The van der Waals surface area contributed by atoms with Gasteiger partial charge in [-0.1, -0.05) is 60.7 Å². The smallest absolute Gasteiger partial charge is 0.223 e. The molecule has 4 aromatic rings. The first-order valence-corrected chi connectivity index (χ1v) is 14.4. The van der Waals surface area contributed by atoms with Crippen molar-refractivity contribution in [3.63, 3.8) is 0 Å². The number of aromatic nitrogens is 4. The van der Waals surface area contributed by atoms with E-state index in [1.165, 1.54) is 7.11 Å². The molecule has 1 amide bonds. The molecule has 2 aromatic carbocycles. The second-order valence-corrected chi connectivity index (χ2v) is 10.8. The molecule has 0 unspecified atom stereocenters. The number of nitrogens with one attached hydrogen (secondary N) is 2. The van der Waals surface area contributed by atoms with Crippen molar-refractivity contribution in [2.24, 2.45) is 0 Å². The van der Waals surface area contributed by atoms with Gasteiger partial charge in [0.2, 0.25) is 5.91 Å². The fraction of sp³-hybridized carbons (Fsp3) is 0.419. The predicted molar refractivity (Wildman–Crippen MR) is 161 cm³/mol. The van der Waals surface area contributed by atoms with Crippen LogP contribution in [-0.2, 0) is 20.8 Å². The highest BCUT2D eigenvalue weighted by atomic mass is 16.6. The Hall–Kier alpha value is -3.94. The summed E-state index contributed by atoms with van der Waals surface area (Å²) in [6.45, 7) is 1.43. The quantitative estimate of drug-likeness (QED) is 0.171. The van der Waals surface area contributed by atoms with Gasteiger partial charge in [0.1, 0.15) is 24.1 Å². The highest BCUT2D eigenvalue weighted by molar-refractivity contribution is 5.83. The number of nitrogens with zero attached hydrogens (tertiary/aromatic N) is 5. The number of benzene rings is 2. The van der Waals surface area contributed by atoms with Crippen LogP contribution < -0.4 is 10.6 Å². The molecule has 4 N–H and O–H groups in total. The molecule has 12 nitrogen and oxygen atoms in total. The standard InChI is InChI=1S/C31H39N7O5/c1-37(2)25(39)14-15-32-17-24-35-29(33-16-22(20-10-6-4-7-11-20)21-12-8-5-9-13-21)26-30(36-24)38(19-34-26)31-28(41)27(40)23(43-31)18-42-3/h4-13,19,22-23,27-28,31-32,40-41H,14-18H2,1-3H3,(H,33,35,36)/t23-,27-,28-,31-/m1/s1. The minimum atomic E-state index is -1.21. The highest BCUT2D eigenvalue weighted by Gasteiger charge is 2.44. The van der Waals surface area contributed by atoms with Crippen LogP contribution in [0, 0.1) is 0 Å². The first-order chi connectivity index (χ1) is 20.9. The zero-order valence-electron chi connectivity index (χ0n) is 24.6. The van der Waals surface area contributed by atoms with Crippen molar-refractivity contribution in [2.75, 3.05) is 46.2 Å². The molecule has 0 bridgehead atoms. The second-order valence-electron chi connectivity index (χ2n) is 10.8. The molecule has 1 saturated heterocycles. The molecular weight excluding hydrogens is 550 g/mol. The number of carbonyl (C=O) groups excluding carboxylic acids is 1. The van der Waals surface area contributed by atoms with Crippen LogP contribution in [0.5, 0.6) is 0 Å². The van der Waals surface area contributed by atoms with E-state index in [-0.39, 0.29) is 18.4 Å². The van der Waals surface area contributed by atoms with E-state index in [4.69, 9.17) is 19.4 Å². The maximum atomic E-state index is 12.0. The van der Waals surface area contributed by atoms with Crippen LogP contribution >= 0.6 is 0 Å². The van der Waals surface area contributed by atoms with Gasteiger partial charge in [-0.3, -0.25) is 9.36 Å². The lowest BCUT2D eigenvalue weighted by atomic mass is 9.91. The van der Waals surface area contributed by atoms with Crippen molar-refractivity contribution >= 4 is 22.9 Å². The summed E-state index contributed by atoms with van der Waals surface area (Å²) in [4.78, 5) is 27.7. The van der Waals surface area contributed by atoms with Crippen LogP contribution in [-0.4, -0.2) is 99.8 Å². The number of methoxy groups -OCH3 is 1. The number of amides is 1. The normalized spacial score (nSPS) is 20.1. The maximum Gasteiger partial charge on any atom is 0.223 e. The average molecular weight is 590 g/mol. The number of hydrogen-bond acceptors (Lipinski definition) is 10. The van der Waals surface area contributed by atoms with Crippen LogP contribution in [0.15, 0.2) is 67.0 Å². The topological polar surface area (TPSA) is 147 Å². The molecule has 12 heteroatoms. The van der Waals surface area contributed by atoms with Gasteiger partial charge in [-0.25, -0.2) is 15.0 Å². The molecule has 3 heterocycles. The lowest BCUT2D eigenvalue weighted by molar-refractivity contribution is -0.128. The summed E-state index contributed by atoms with van der Waals surface area (Å²) >= 11 is 0. The van der Waals surface area contributed by atoms with E-state index in [2.05, 4.69) is 39.9 Å². The van der Waals surface area contributed by atoms with Gasteiger partial charge >= 0.3 is 0 Å².